The van der Waals surface area contributed by atoms with Gasteiger partial charge in [0.2, 0.25) is 5.95 Å². The van der Waals surface area contributed by atoms with E-state index in [-0.39, 0.29) is 5.38 Å². The third-order valence-electron chi connectivity index (χ3n) is 2.64. The summed E-state index contributed by atoms with van der Waals surface area (Å²) in [7, 11) is 0. The van der Waals surface area contributed by atoms with E-state index in [2.05, 4.69) is 45.1 Å². The molecular weight excluding hydrogens is 289 g/mol. The maximum absolute atomic E-state index is 6.30. The highest BCUT2D eigenvalue weighted by molar-refractivity contribution is 9.10. The smallest absolute Gasteiger partial charge is 0.222 e. The van der Waals surface area contributed by atoms with Crippen LogP contribution in [0.5, 0.6) is 0 Å². The van der Waals surface area contributed by atoms with Crippen molar-refractivity contribution in [2.75, 3.05) is 11.9 Å². The molecule has 1 rings (SSSR count). The van der Waals surface area contributed by atoms with Crippen LogP contribution in [0.25, 0.3) is 0 Å². The molecule has 0 aliphatic carbocycles. The summed E-state index contributed by atoms with van der Waals surface area (Å²) >= 11 is 9.59. The molecule has 0 aromatic carbocycles. The van der Waals surface area contributed by atoms with E-state index in [1.807, 2.05) is 0 Å². The van der Waals surface area contributed by atoms with Gasteiger partial charge in [-0.05, 0) is 21.8 Å². The Kier molecular flexibility index (Phi) is 6.06. The quantitative estimate of drug-likeness (QED) is 0.814. The van der Waals surface area contributed by atoms with Crippen LogP contribution in [-0.2, 0) is 0 Å². The summed E-state index contributed by atoms with van der Waals surface area (Å²) in [5.41, 5.74) is 0. The van der Waals surface area contributed by atoms with Gasteiger partial charge >= 0.3 is 0 Å². The molecule has 1 N–H and O–H groups in total. The first-order valence-electron chi connectivity index (χ1n) is 5.52. The number of alkyl halides is 1. The first-order valence-corrected chi connectivity index (χ1v) is 6.75. The zero-order valence-corrected chi connectivity index (χ0v) is 11.9. The lowest BCUT2D eigenvalue weighted by atomic mass is 9.99. The topological polar surface area (TPSA) is 37.8 Å². The second-order valence-corrected chi connectivity index (χ2v) is 5.17. The van der Waals surface area contributed by atoms with Crippen molar-refractivity contribution >= 4 is 33.5 Å². The van der Waals surface area contributed by atoms with Crippen molar-refractivity contribution in [3.63, 3.8) is 0 Å². The molecule has 0 fully saturated rings. The van der Waals surface area contributed by atoms with E-state index in [4.69, 9.17) is 11.6 Å². The monoisotopic (exact) mass is 305 g/mol. The molecule has 1 heterocycles. The Balaban J connectivity index is 2.42. The molecular formula is C11H17BrClN3. The number of aromatic nitrogens is 2. The summed E-state index contributed by atoms with van der Waals surface area (Å²) in [6.07, 6.45) is 5.65. The molecule has 0 bridgehead atoms. The van der Waals surface area contributed by atoms with Crippen LogP contribution >= 0.6 is 27.5 Å². The third-order valence-corrected chi connectivity index (χ3v) is 3.56. The van der Waals surface area contributed by atoms with E-state index < -0.39 is 0 Å². The maximum atomic E-state index is 6.30. The lowest BCUT2D eigenvalue weighted by Gasteiger charge is -2.19. The second-order valence-electron chi connectivity index (χ2n) is 3.70. The number of rotatable bonds is 6. The second kappa shape index (κ2) is 7.07. The Morgan fingerprint density at radius 3 is 2.38 bits per heavy atom. The van der Waals surface area contributed by atoms with Gasteiger partial charge in [0.25, 0.3) is 0 Å². The molecule has 0 amide bonds. The largest absolute Gasteiger partial charge is 0.353 e. The Morgan fingerprint density at radius 2 is 1.88 bits per heavy atom. The molecule has 0 spiro atoms. The van der Waals surface area contributed by atoms with Gasteiger partial charge in [0, 0.05) is 18.9 Å². The van der Waals surface area contributed by atoms with Gasteiger partial charge in [0.15, 0.2) is 0 Å². The first kappa shape index (κ1) is 13.7. The molecule has 1 aromatic heterocycles. The number of halogens is 2. The van der Waals surface area contributed by atoms with Crippen LogP contribution in [0.15, 0.2) is 16.9 Å². The van der Waals surface area contributed by atoms with Crippen molar-refractivity contribution in [1.82, 2.24) is 9.97 Å². The fourth-order valence-corrected chi connectivity index (χ4v) is 2.20. The van der Waals surface area contributed by atoms with Crippen molar-refractivity contribution < 1.29 is 0 Å². The third kappa shape index (κ3) is 4.26. The highest BCUT2D eigenvalue weighted by Crippen LogP contribution is 2.18. The number of hydrogen-bond acceptors (Lipinski definition) is 3. The van der Waals surface area contributed by atoms with Crippen molar-refractivity contribution in [2.45, 2.75) is 32.1 Å². The zero-order chi connectivity index (χ0) is 12.0. The Bertz CT molecular complexity index is 301. The highest BCUT2D eigenvalue weighted by Gasteiger charge is 2.15. The van der Waals surface area contributed by atoms with Crippen molar-refractivity contribution in [3.8, 4) is 0 Å². The lowest BCUT2D eigenvalue weighted by Crippen LogP contribution is -2.23. The normalized spacial score (nSPS) is 12.8. The van der Waals surface area contributed by atoms with Crippen LogP contribution < -0.4 is 5.32 Å². The molecule has 0 saturated heterocycles. The minimum atomic E-state index is 0.127. The average Bonchev–Trinajstić information content (AvgIpc) is 2.30. The van der Waals surface area contributed by atoms with E-state index in [9.17, 15) is 0 Å². The van der Waals surface area contributed by atoms with Crippen LogP contribution in [0.1, 0.15) is 26.7 Å². The number of nitrogens with one attached hydrogen (secondary N) is 1. The number of nitrogens with zero attached hydrogens (tertiary/aromatic N) is 2. The first-order chi connectivity index (χ1) is 7.67. The number of hydrogen-bond donors (Lipinski definition) is 1. The summed E-state index contributed by atoms with van der Waals surface area (Å²) in [5.74, 6) is 1.17. The Labute approximate surface area is 110 Å². The molecule has 1 unspecified atom stereocenters. The van der Waals surface area contributed by atoms with Crippen LogP contribution in [0.2, 0.25) is 0 Å². The van der Waals surface area contributed by atoms with Crippen LogP contribution in [-0.4, -0.2) is 21.9 Å². The highest BCUT2D eigenvalue weighted by atomic mass is 79.9. The van der Waals surface area contributed by atoms with Gasteiger partial charge in [-0.2, -0.15) is 0 Å². The molecule has 1 aromatic rings. The van der Waals surface area contributed by atoms with Crippen molar-refractivity contribution in [1.29, 1.82) is 0 Å². The van der Waals surface area contributed by atoms with Crippen LogP contribution in [0, 0.1) is 5.92 Å². The van der Waals surface area contributed by atoms with E-state index in [1.165, 1.54) is 0 Å². The molecule has 16 heavy (non-hydrogen) atoms. The summed E-state index contributed by atoms with van der Waals surface area (Å²) in [6.45, 7) is 5.04. The average molecular weight is 307 g/mol. The molecule has 0 aliphatic rings. The standard InChI is InChI=1S/C11H17BrClN3/c1-3-8(4-2)10(13)7-16-11-14-5-9(12)6-15-11/h5-6,8,10H,3-4,7H2,1-2H3,(H,14,15,16). The van der Waals surface area contributed by atoms with Crippen molar-refractivity contribution in [2.24, 2.45) is 5.92 Å². The molecule has 3 nitrogen and oxygen atoms in total. The number of anilines is 1. The summed E-state index contributed by atoms with van der Waals surface area (Å²) < 4.78 is 0.875. The predicted octanol–water partition coefficient (Wildman–Crippen LogP) is 3.69. The van der Waals surface area contributed by atoms with Gasteiger partial charge < -0.3 is 5.32 Å². The summed E-state index contributed by atoms with van der Waals surface area (Å²) in [5, 5.41) is 3.27. The van der Waals surface area contributed by atoms with Gasteiger partial charge in [-0.1, -0.05) is 26.7 Å². The molecule has 5 heteroatoms. The molecule has 0 aliphatic heterocycles. The maximum Gasteiger partial charge on any atom is 0.222 e. The minimum absolute atomic E-state index is 0.127. The van der Waals surface area contributed by atoms with Gasteiger partial charge in [0.1, 0.15) is 0 Å². The Morgan fingerprint density at radius 1 is 1.31 bits per heavy atom. The fourth-order valence-electron chi connectivity index (χ4n) is 1.56. The Hall–Kier alpha value is -0.350. The van der Waals surface area contributed by atoms with Gasteiger partial charge in [-0.25, -0.2) is 9.97 Å². The fraction of sp³-hybridized carbons (Fsp3) is 0.636. The molecule has 0 radical (unpaired) electrons. The molecule has 1 atom stereocenters. The van der Waals surface area contributed by atoms with E-state index in [1.54, 1.807) is 12.4 Å². The van der Waals surface area contributed by atoms with E-state index in [0.717, 1.165) is 17.3 Å². The van der Waals surface area contributed by atoms with E-state index in [0.29, 0.717) is 18.4 Å². The van der Waals surface area contributed by atoms with Crippen LogP contribution in [0.4, 0.5) is 5.95 Å². The zero-order valence-electron chi connectivity index (χ0n) is 9.58. The molecule has 90 valence electrons. The predicted molar refractivity (Wildman–Crippen MR) is 71.9 cm³/mol. The summed E-state index contributed by atoms with van der Waals surface area (Å²) in [4.78, 5) is 8.27. The minimum Gasteiger partial charge on any atom is -0.353 e. The summed E-state index contributed by atoms with van der Waals surface area (Å²) in [6, 6.07) is 0. The van der Waals surface area contributed by atoms with Crippen molar-refractivity contribution in [3.05, 3.63) is 16.9 Å². The van der Waals surface area contributed by atoms with Gasteiger partial charge in [-0.15, -0.1) is 11.6 Å². The van der Waals surface area contributed by atoms with Gasteiger partial charge in [0.05, 0.1) is 9.85 Å². The van der Waals surface area contributed by atoms with Gasteiger partial charge in [-0.3, -0.25) is 0 Å². The van der Waals surface area contributed by atoms with E-state index >= 15 is 0 Å². The van der Waals surface area contributed by atoms with Crippen LogP contribution in [0.3, 0.4) is 0 Å². The lowest BCUT2D eigenvalue weighted by molar-refractivity contribution is 0.475. The SMILES string of the molecule is CCC(CC)C(Cl)CNc1ncc(Br)cn1. The molecule has 0 saturated carbocycles.